The van der Waals surface area contributed by atoms with Crippen LogP contribution in [0.2, 0.25) is 10.0 Å². The van der Waals surface area contributed by atoms with Gasteiger partial charge in [-0.1, -0.05) is 29.3 Å². The molecule has 0 aliphatic carbocycles. The molecule has 2 aromatic rings. The monoisotopic (exact) mass is 334 g/mol. The second-order valence-corrected chi connectivity index (χ2v) is 6.38. The van der Waals surface area contributed by atoms with E-state index in [1.54, 1.807) is 0 Å². The fourth-order valence-electron chi connectivity index (χ4n) is 1.52. The lowest BCUT2D eigenvalue weighted by molar-refractivity contribution is 0.598. The first-order valence-corrected chi connectivity index (χ1v) is 7.57. The number of nitrogens with two attached hydrogens (primary N) is 1. The summed E-state index contributed by atoms with van der Waals surface area (Å²) in [6.45, 7) is 0. The normalized spacial score (nSPS) is 11.3. The van der Waals surface area contributed by atoms with Crippen molar-refractivity contribution in [3.8, 4) is 0 Å². The fourth-order valence-corrected chi connectivity index (χ4v) is 3.38. The highest BCUT2D eigenvalue weighted by Gasteiger charge is 2.21. The van der Waals surface area contributed by atoms with Crippen LogP contribution in [0.1, 0.15) is 0 Å². The van der Waals surface area contributed by atoms with Gasteiger partial charge in [0.05, 0.1) is 10.7 Å². The number of rotatable bonds is 3. The van der Waals surface area contributed by atoms with Crippen LogP contribution >= 0.6 is 23.2 Å². The predicted octanol–water partition coefficient (Wildman–Crippen LogP) is 3.52. The summed E-state index contributed by atoms with van der Waals surface area (Å²) in [4.78, 5) is -0.255. The molecule has 2 rings (SSSR count). The highest BCUT2D eigenvalue weighted by molar-refractivity contribution is 7.92. The van der Waals surface area contributed by atoms with Gasteiger partial charge in [-0.15, -0.1) is 0 Å². The van der Waals surface area contributed by atoms with Crippen LogP contribution in [0.3, 0.4) is 0 Å². The second-order valence-electron chi connectivity index (χ2n) is 3.88. The zero-order chi connectivity index (χ0) is 14.9. The number of hydrogen-bond acceptors (Lipinski definition) is 3. The Balaban J connectivity index is 2.49. The number of halogens is 3. The number of anilines is 2. The molecule has 0 saturated carbocycles. The summed E-state index contributed by atoms with van der Waals surface area (Å²) < 4.78 is 40.1. The van der Waals surface area contributed by atoms with E-state index in [0.717, 1.165) is 6.07 Å². The summed E-state index contributed by atoms with van der Waals surface area (Å²) in [7, 11) is -4.10. The first-order valence-electron chi connectivity index (χ1n) is 5.33. The number of sulfonamides is 1. The van der Waals surface area contributed by atoms with Crippen LogP contribution in [-0.2, 0) is 10.0 Å². The molecule has 0 saturated heterocycles. The summed E-state index contributed by atoms with van der Waals surface area (Å²) in [5, 5.41) is 0.160. The largest absolute Gasteiger partial charge is 0.397 e. The third-order valence-corrected chi connectivity index (χ3v) is 4.53. The topological polar surface area (TPSA) is 72.2 Å². The van der Waals surface area contributed by atoms with Gasteiger partial charge in [0, 0.05) is 5.02 Å². The average Bonchev–Trinajstić information content (AvgIpc) is 2.37. The molecule has 3 N–H and O–H groups in total. The molecule has 0 amide bonds. The van der Waals surface area contributed by atoms with Gasteiger partial charge in [-0.25, -0.2) is 12.8 Å². The standard InChI is InChI=1S/C12H9Cl2FN2O2S/c13-7-4-5-8(14)11(6-7)20(18,19)17-12-9(15)2-1-3-10(12)16/h1-6,17H,16H2. The Kier molecular flexibility index (Phi) is 4.08. The van der Waals surface area contributed by atoms with E-state index in [1.165, 1.54) is 30.3 Å². The molecular formula is C12H9Cl2FN2O2S. The number of nitrogen functional groups attached to an aromatic ring is 1. The van der Waals surface area contributed by atoms with E-state index >= 15 is 0 Å². The third kappa shape index (κ3) is 2.98. The van der Waals surface area contributed by atoms with E-state index in [1.807, 2.05) is 0 Å². The fraction of sp³-hybridized carbons (Fsp3) is 0. The minimum atomic E-state index is -4.10. The first kappa shape index (κ1) is 14.9. The number of nitrogens with one attached hydrogen (secondary N) is 1. The SMILES string of the molecule is Nc1cccc(F)c1NS(=O)(=O)c1cc(Cl)ccc1Cl. The van der Waals surface area contributed by atoms with Gasteiger partial charge in [-0.2, -0.15) is 0 Å². The van der Waals surface area contributed by atoms with Crippen molar-refractivity contribution in [3.63, 3.8) is 0 Å². The molecular weight excluding hydrogens is 326 g/mol. The van der Waals surface area contributed by atoms with Gasteiger partial charge in [0.25, 0.3) is 10.0 Å². The first-order chi connectivity index (χ1) is 9.31. The van der Waals surface area contributed by atoms with Gasteiger partial charge in [-0.05, 0) is 30.3 Å². The van der Waals surface area contributed by atoms with Crippen LogP contribution in [0.5, 0.6) is 0 Å². The second kappa shape index (κ2) is 5.47. The van der Waals surface area contributed by atoms with Crippen molar-refractivity contribution in [2.45, 2.75) is 4.90 Å². The molecule has 0 aromatic heterocycles. The lowest BCUT2D eigenvalue weighted by Gasteiger charge is -2.12. The minimum absolute atomic E-state index is 0.0307. The summed E-state index contributed by atoms with van der Waals surface area (Å²) >= 11 is 11.6. The van der Waals surface area contributed by atoms with Crippen LogP contribution < -0.4 is 10.5 Å². The third-order valence-electron chi connectivity index (χ3n) is 2.47. The number of para-hydroxylation sites is 1. The van der Waals surface area contributed by atoms with E-state index in [-0.39, 0.29) is 26.3 Å². The maximum atomic E-state index is 13.6. The Bertz CT molecular complexity index is 746. The van der Waals surface area contributed by atoms with Gasteiger partial charge < -0.3 is 5.73 Å². The molecule has 0 aliphatic heterocycles. The lowest BCUT2D eigenvalue weighted by Crippen LogP contribution is -2.15. The van der Waals surface area contributed by atoms with Crippen LogP contribution in [0.15, 0.2) is 41.3 Å². The molecule has 0 radical (unpaired) electrons. The van der Waals surface area contributed by atoms with Crippen molar-refractivity contribution in [2.75, 3.05) is 10.5 Å². The quantitative estimate of drug-likeness (QED) is 0.843. The maximum absolute atomic E-state index is 13.6. The molecule has 0 unspecified atom stereocenters. The molecule has 0 atom stereocenters. The average molecular weight is 335 g/mol. The molecule has 8 heteroatoms. The summed E-state index contributed by atoms with van der Waals surface area (Å²) in [6, 6.07) is 7.79. The Morgan fingerprint density at radius 2 is 1.85 bits per heavy atom. The zero-order valence-electron chi connectivity index (χ0n) is 9.90. The van der Waals surface area contributed by atoms with E-state index in [2.05, 4.69) is 4.72 Å². The smallest absolute Gasteiger partial charge is 0.263 e. The highest BCUT2D eigenvalue weighted by Crippen LogP contribution is 2.29. The lowest BCUT2D eigenvalue weighted by atomic mass is 10.3. The molecule has 0 fully saturated rings. The van der Waals surface area contributed by atoms with Crippen molar-refractivity contribution in [2.24, 2.45) is 0 Å². The Morgan fingerprint density at radius 1 is 1.15 bits per heavy atom. The van der Waals surface area contributed by atoms with Gasteiger partial charge in [0.2, 0.25) is 0 Å². The highest BCUT2D eigenvalue weighted by atomic mass is 35.5. The number of benzene rings is 2. The molecule has 0 heterocycles. The Morgan fingerprint density at radius 3 is 2.50 bits per heavy atom. The molecule has 4 nitrogen and oxygen atoms in total. The summed E-state index contributed by atoms with van der Waals surface area (Å²) in [5.41, 5.74) is 5.18. The summed E-state index contributed by atoms with van der Waals surface area (Å²) in [6.07, 6.45) is 0. The molecule has 0 aliphatic rings. The zero-order valence-corrected chi connectivity index (χ0v) is 12.2. The van der Waals surface area contributed by atoms with Crippen LogP contribution in [0.25, 0.3) is 0 Å². The van der Waals surface area contributed by atoms with E-state index in [4.69, 9.17) is 28.9 Å². The summed E-state index contributed by atoms with van der Waals surface area (Å²) in [5.74, 6) is -0.785. The van der Waals surface area contributed by atoms with E-state index in [0.29, 0.717) is 0 Å². The predicted molar refractivity (Wildman–Crippen MR) is 78.1 cm³/mol. The molecule has 2 aromatic carbocycles. The van der Waals surface area contributed by atoms with Gasteiger partial charge >= 0.3 is 0 Å². The maximum Gasteiger partial charge on any atom is 0.263 e. The molecule has 0 bridgehead atoms. The van der Waals surface area contributed by atoms with Crippen molar-refractivity contribution in [3.05, 3.63) is 52.3 Å². The van der Waals surface area contributed by atoms with Gasteiger partial charge in [0.1, 0.15) is 16.4 Å². The van der Waals surface area contributed by atoms with E-state index in [9.17, 15) is 12.8 Å². The Hall–Kier alpha value is -1.50. The van der Waals surface area contributed by atoms with Crippen LogP contribution in [0, 0.1) is 5.82 Å². The van der Waals surface area contributed by atoms with Gasteiger partial charge in [0.15, 0.2) is 0 Å². The van der Waals surface area contributed by atoms with Crippen molar-refractivity contribution >= 4 is 44.6 Å². The molecule has 20 heavy (non-hydrogen) atoms. The van der Waals surface area contributed by atoms with Crippen LogP contribution in [-0.4, -0.2) is 8.42 Å². The number of hydrogen-bond donors (Lipinski definition) is 2. The molecule has 0 spiro atoms. The van der Waals surface area contributed by atoms with Crippen molar-refractivity contribution in [1.82, 2.24) is 0 Å². The van der Waals surface area contributed by atoms with Gasteiger partial charge in [-0.3, -0.25) is 4.72 Å². The van der Waals surface area contributed by atoms with Crippen molar-refractivity contribution < 1.29 is 12.8 Å². The minimum Gasteiger partial charge on any atom is -0.397 e. The van der Waals surface area contributed by atoms with Crippen LogP contribution in [0.4, 0.5) is 15.8 Å². The Labute approximate surface area is 125 Å². The van der Waals surface area contributed by atoms with E-state index < -0.39 is 15.8 Å². The molecule has 106 valence electrons. The van der Waals surface area contributed by atoms with Crippen molar-refractivity contribution in [1.29, 1.82) is 0 Å².